The van der Waals surface area contributed by atoms with Crippen molar-refractivity contribution in [3.63, 3.8) is 0 Å². The summed E-state index contributed by atoms with van der Waals surface area (Å²) in [6, 6.07) is 5.92. The van der Waals surface area contributed by atoms with Gasteiger partial charge in [-0.15, -0.1) is 0 Å². The van der Waals surface area contributed by atoms with Crippen LogP contribution in [0.1, 0.15) is 33.3 Å². The van der Waals surface area contributed by atoms with Crippen LogP contribution in [-0.4, -0.2) is 30.5 Å². The number of nitrogens with one attached hydrogen (secondary N) is 1. The average Bonchev–Trinajstić information content (AvgIpc) is 2.40. The molecule has 0 radical (unpaired) electrons. The third-order valence-electron chi connectivity index (χ3n) is 2.77. The molecule has 0 aliphatic rings. The number of rotatable bonds is 8. The predicted molar refractivity (Wildman–Crippen MR) is 76.8 cm³/mol. The molecule has 108 valence electrons. The van der Waals surface area contributed by atoms with Gasteiger partial charge < -0.3 is 19.9 Å². The van der Waals surface area contributed by atoms with Crippen molar-refractivity contribution < 1.29 is 14.6 Å². The number of benzene rings is 1. The minimum atomic E-state index is -0.287. The minimum absolute atomic E-state index is 0.0996. The van der Waals surface area contributed by atoms with E-state index in [9.17, 15) is 5.11 Å². The van der Waals surface area contributed by atoms with Crippen molar-refractivity contribution in [3.05, 3.63) is 23.8 Å². The van der Waals surface area contributed by atoms with E-state index in [0.717, 1.165) is 17.1 Å². The van der Waals surface area contributed by atoms with Gasteiger partial charge in [0.2, 0.25) is 0 Å². The largest absolute Gasteiger partial charge is 0.490 e. The van der Waals surface area contributed by atoms with Crippen LogP contribution in [0.25, 0.3) is 0 Å². The fourth-order valence-electron chi connectivity index (χ4n) is 1.60. The topological polar surface area (TPSA) is 50.7 Å². The molecule has 0 bridgehead atoms. The maximum Gasteiger partial charge on any atom is 0.161 e. The Morgan fingerprint density at radius 2 is 1.74 bits per heavy atom. The Labute approximate surface area is 115 Å². The highest BCUT2D eigenvalue weighted by atomic mass is 16.5. The molecule has 4 heteroatoms. The molecule has 1 rings (SSSR count). The summed E-state index contributed by atoms with van der Waals surface area (Å²) in [4.78, 5) is 0. The van der Waals surface area contributed by atoms with E-state index < -0.39 is 0 Å². The highest BCUT2D eigenvalue weighted by Crippen LogP contribution is 2.28. The zero-order valence-electron chi connectivity index (χ0n) is 12.3. The van der Waals surface area contributed by atoms with Gasteiger partial charge in [-0.25, -0.2) is 0 Å². The highest BCUT2D eigenvalue weighted by molar-refractivity contribution is 5.43. The number of aliphatic hydroxyl groups excluding tert-OH is 1. The van der Waals surface area contributed by atoms with Gasteiger partial charge in [0.25, 0.3) is 0 Å². The normalized spacial score (nSPS) is 11.4. The van der Waals surface area contributed by atoms with Crippen molar-refractivity contribution in [1.29, 1.82) is 0 Å². The second-order valence-electron chi connectivity index (χ2n) is 5.04. The van der Waals surface area contributed by atoms with E-state index in [1.165, 1.54) is 0 Å². The van der Waals surface area contributed by atoms with E-state index in [1.54, 1.807) is 0 Å². The van der Waals surface area contributed by atoms with Crippen LogP contribution < -0.4 is 14.8 Å². The van der Waals surface area contributed by atoms with E-state index >= 15 is 0 Å². The monoisotopic (exact) mass is 267 g/mol. The molecule has 1 aromatic carbocycles. The molecular formula is C15H25NO3. The Morgan fingerprint density at radius 3 is 2.32 bits per heavy atom. The summed E-state index contributed by atoms with van der Waals surface area (Å²) in [6.07, 6.45) is 0. The van der Waals surface area contributed by atoms with Crippen molar-refractivity contribution in [2.75, 3.05) is 19.8 Å². The van der Waals surface area contributed by atoms with Gasteiger partial charge in [-0.05, 0) is 45.4 Å². The molecular weight excluding hydrogens is 242 g/mol. The van der Waals surface area contributed by atoms with Gasteiger partial charge in [-0.3, -0.25) is 0 Å². The van der Waals surface area contributed by atoms with Crippen LogP contribution in [0.15, 0.2) is 18.2 Å². The first-order valence-electron chi connectivity index (χ1n) is 6.76. The Balaban J connectivity index is 2.77. The molecule has 19 heavy (non-hydrogen) atoms. The van der Waals surface area contributed by atoms with Crippen molar-refractivity contribution in [2.24, 2.45) is 0 Å². The van der Waals surface area contributed by atoms with Gasteiger partial charge in [-0.2, -0.15) is 0 Å². The van der Waals surface area contributed by atoms with Gasteiger partial charge in [0.15, 0.2) is 11.5 Å². The lowest BCUT2D eigenvalue weighted by Crippen LogP contribution is -2.42. The summed E-state index contributed by atoms with van der Waals surface area (Å²) in [7, 11) is 0. The summed E-state index contributed by atoms with van der Waals surface area (Å²) >= 11 is 0. The maximum absolute atomic E-state index is 9.22. The molecule has 4 nitrogen and oxygen atoms in total. The van der Waals surface area contributed by atoms with Gasteiger partial charge in [-0.1, -0.05) is 6.07 Å². The highest BCUT2D eigenvalue weighted by Gasteiger charge is 2.15. The third-order valence-corrected chi connectivity index (χ3v) is 2.77. The maximum atomic E-state index is 9.22. The first-order valence-corrected chi connectivity index (χ1v) is 6.76. The van der Waals surface area contributed by atoms with Crippen molar-refractivity contribution in [1.82, 2.24) is 5.32 Å². The number of ether oxygens (including phenoxy) is 2. The summed E-state index contributed by atoms with van der Waals surface area (Å²) < 4.78 is 11.1. The van der Waals surface area contributed by atoms with E-state index in [1.807, 2.05) is 45.9 Å². The second-order valence-corrected chi connectivity index (χ2v) is 5.04. The number of aliphatic hydroxyl groups is 1. The van der Waals surface area contributed by atoms with Crippen molar-refractivity contribution >= 4 is 0 Å². The van der Waals surface area contributed by atoms with E-state index in [0.29, 0.717) is 19.8 Å². The quantitative estimate of drug-likeness (QED) is 0.759. The SMILES string of the molecule is CCOc1ccc(CNC(C)(C)CO)cc1OCC. The molecule has 0 saturated carbocycles. The first kappa shape index (κ1) is 15.8. The van der Waals surface area contributed by atoms with Crippen LogP contribution in [-0.2, 0) is 6.54 Å². The van der Waals surface area contributed by atoms with Crippen LogP contribution in [0.3, 0.4) is 0 Å². The fourth-order valence-corrected chi connectivity index (χ4v) is 1.60. The average molecular weight is 267 g/mol. The van der Waals surface area contributed by atoms with Crippen LogP contribution in [0.5, 0.6) is 11.5 Å². The van der Waals surface area contributed by atoms with Gasteiger partial charge in [0.05, 0.1) is 19.8 Å². The second kappa shape index (κ2) is 7.36. The Morgan fingerprint density at radius 1 is 1.11 bits per heavy atom. The Kier molecular flexibility index (Phi) is 6.12. The van der Waals surface area contributed by atoms with Gasteiger partial charge in [0.1, 0.15) is 0 Å². The summed E-state index contributed by atoms with van der Waals surface area (Å²) in [5.74, 6) is 1.54. The van der Waals surface area contributed by atoms with E-state index in [2.05, 4.69) is 5.32 Å². The minimum Gasteiger partial charge on any atom is -0.490 e. The zero-order chi connectivity index (χ0) is 14.3. The zero-order valence-corrected chi connectivity index (χ0v) is 12.3. The van der Waals surface area contributed by atoms with E-state index in [4.69, 9.17) is 9.47 Å². The fraction of sp³-hybridized carbons (Fsp3) is 0.600. The first-order chi connectivity index (χ1) is 9.02. The molecule has 0 fully saturated rings. The smallest absolute Gasteiger partial charge is 0.161 e. The van der Waals surface area contributed by atoms with Crippen molar-refractivity contribution in [3.8, 4) is 11.5 Å². The molecule has 0 aliphatic carbocycles. The van der Waals surface area contributed by atoms with Gasteiger partial charge >= 0.3 is 0 Å². The lowest BCUT2D eigenvalue weighted by Gasteiger charge is -2.23. The molecule has 1 aromatic rings. The molecule has 2 N–H and O–H groups in total. The molecule has 0 unspecified atom stereocenters. The summed E-state index contributed by atoms with van der Waals surface area (Å²) in [5.41, 5.74) is 0.818. The molecule has 0 atom stereocenters. The van der Waals surface area contributed by atoms with E-state index in [-0.39, 0.29) is 12.1 Å². The number of hydrogen-bond donors (Lipinski definition) is 2. The van der Waals surface area contributed by atoms with Gasteiger partial charge in [0, 0.05) is 12.1 Å². The molecule has 0 amide bonds. The molecule has 0 saturated heterocycles. The number of hydrogen-bond acceptors (Lipinski definition) is 4. The van der Waals surface area contributed by atoms with Crippen LogP contribution >= 0.6 is 0 Å². The molecule has 0 aliphatic heterocycles. The molecule has 0 heterocycles. The summed E-state index contributed by atoms with van der Waals surface area (Å²) in [6.45, 7) is 9.84. The third kappa shape index (κ3) is 5.09. The Hall–Kier alpha value is -1.26. The molecule has 0 spiro atoms. The predicted octanol–water partition coefficient (Wildman–Crippen LogP) is 2.34. The standard InChI is InChI=1S/C15H25NO3/c1-5-18-13-8-7-12(9-14(13)19-6-2)10-16-15(3,4)11-17/h7-9,16-17H,5-6,10-11H2,1-4H3. The molecule has 0 aromatic heterocycles. The van der Waals surface area contributed by atoms with Crippen molar-refractivity contribution in [2.45, 2.75) is 39.8 Å². The van der Waals surface area contributed by atoms with Crippen LogP contribution in [0.4, 0.5) is 0 Å². The summed E-state index contributed by atoms with van der Waals surface area (Å²) in [5, 5.41) is 12.5. The van der Waals surface area contributed by atoms with Crippen LogP contribution in [0.2, 0.25) is 0 Å². The Bertz CT molecular complexity index is 391. The van der Waals surface area contributed by atoms with Crippen LogP contribution in [0, 0.1) is 0 Å². The lowest BCUT2D eigenvalue weighted by molar-refractivity contribution is 0.187. The lowest BCUT2D eigenvalue weighted by atomic mass is 10.1.